The summed E-state index contributed by atoms with van der Waals surface area (Å²) in [6.07, 6.45) is 1.98. The lowest BCUT2D eigenvalue weighted by atomic mass is 10.2. The molecule has 0 aliphatic carbocycles. The monoisotopic (exact) mass is 255 g/mol. The third-order valence-corrected chi connectivity index (χ3v) is 3.46. The minimum Gasteiger partial charge on any atom is -0.227 e. The Morgan fingerprint density at radius 2 is 1.94 bits per heavy atom. The molecule has 3 rings (SSSR count). The maximum absolute atomic E-state index is 4.58. The molecule has 4 heteroatoms. The molecule has 3 nitrogen and oxygen atoms in total. The number of imidazole rings is 1. The Balaban J connectivity index is 2.06. The molecule has 0 aliphatic heterocycles. The highest BCUT2D eigenvalue weighted by molar-refractivity contribution is 7.99. The standard InChI is InChI=1S/C14H13N3S/c1-2-18-14-9-8-13-15-12(10-17(13)16-14)11-6-4-3-5-7-11/h3-10H,2H2,1H3. The third kappa shape index (κ3) is 2.11. The summed E-state index contributed by atoms with van der Waals surface area (Å²) in [4.78, 5) is 4.58. The summed E-state index contributed by atoms with van der Waals surface area (Å²) in [5.41, 5.74) is 2.96. The highest BCUT2D eigenvalue weighted by atomic mass is 32.2. The maximum atomic E-state index is 4.58. The molecule has 90 valence electrons. The first kappa shape index (κ1) is 11.3. The molecule has 0 saturated carbocycles. The molecule has 0 spiro atoms. The van der Waals surface area contributed by atoms with Crippen LogP contribution in [-0.2, 0) is 0 Å². The van der Waals surface area contributed by atoms with Crippen molar-refractivity contribution in [2.45, 2.75) is 11.9 Å². The van der Waals surface area contributed by atoms with Gasteiger partial charge in [0.05, 0.1) is 11.9 Å². The second kappa shape index (κ2) is 4.82. The van der Waals surface area contributed by atoms with E-state index in [0.29, 0.717) is 0 Å². The van der Waals surface area contributed by atoms with E-state index in [1.54, 1.807) is 11.8 Å². The molecular formula is C14H13N3S. The molecule has 0 atom stereocenters. The van der Waals surface area contributed by atoms with Crippen LogP contribution in [0.5, 0.6) is 0 Å². The van der Waals surface area contributed by atoms with Crippen molar-refractivity contribution in [3.8, 4) is 11.3 Å². The Hall–Kier alpha value is -1.81. The fraction of sp³-hybridized carbons (Fsp3) is 0.143. The zero-order chi connectivity index (χ0) is 12.4. The van der Waals surface area contributed by atoms with Crippen LogP contribution in [0.2, 0.25) is 0 Å². The van der Waals surface area contributed by atoms with Crippen molar-refractivity contribution in [1.29, 1.82) is 0 Å². The van der Waals surface area contributed by atoms with E-state index in [1.165, 1.54) is 0 Å². The number of hydrogen-bond donors (Lipinski definition) is 0. The second-order valence-electron chi connectivity index (χ2n) is 3.90. The van der Waals surface area contributed by atoms with Gasteiger partial charge < -0.3 is 0 Å². The summed E-state index contributed by atoms with van der Waals surface area (Å²) in [6, 6.07) is 14.2. The Morgan fingerprint density at radius 3 is 2.72 bits per heavy atom. The quantitative estimate of drug-likeness (QED) is 0.671. The van der Waals surface area contributed by atoms with Crippen LogP contribution in [0.1, 0.15) is 6.92 Å². The van der Waals surface area contributed by atoms with Crippen LogP contribution in [-0.4, -0.2) is 20.4 Å². The number of fused-ring (bicyclic) bond motifs is 1. The molecule has 2 aromatic heterocycles. The first-order valence-electron chi connectivity index (χ1n) is 5.91. The lowest BCUT2D eigenvalue weighted by molar-refractivity contribution is 0.859. The number of benzene rings is 1. The van der Waals surface area contributed by atoms with Crippen LogP contribution in [0, 0.1) is 0 Å². The van der Waals surface area contributed by atoms with Gasteiger partial charge in [-0.2, -0.15) is 5.10 Å². The van der Waals surface area contributed by atoms with Crippen molar-refractivity contribution >= 4 is 17.4 Å². The van der Waals surface area contributed by atoms with Crippen molar-refractivity contribution in [3.63, 3.8) is 0 Å². The minimum atomic E-state index is 0.884. The molecule has 1 aromatic carbocycles. The van der Waals surface area contributed by atoms with Crippen LogP contribution >= 0.6 is 11.8 Å². The van der Waals surface area contributed by atoms with Crippen molar-refractivity contribution in [3.05, 3.63) is 48.7 Å². The van der Waals surface area contributed by atoms with Gasteiger partial charge in [-0.25, -0.2) is 9.50 Å². The lowest BCUT2D eigenvalue weighted by Crippen LogP contribution is -1.91. The van der Waals surface area contributed by atoms with Crippen molar-refractivity contribution in [2.24, 2.45) is 0 Å². The zero-order valence-electron chi connectivity index (χ0n) is 10.1. The van der Waals surface area contributed by atoms with E-state index >= 15 is 0 Å². The highest BCUT2D eigenvalue weighted by Gasteiger charge is 2.05. The van der Waals surface area contributed by atoms with Gasteiger partial charge in [-0.3, -0.25) is 0 Å². The van der Waals surface area contributed by atoms with Crippen molar-refractivity contribution < 1.29 is 0 Å². The van der Waals surface area contributed by atoms with E-state index in [4.69, 9.17) is 0 Å². The lowest BCUT2D eigenvalue weighted by Gasteiger charge is -1.97. The fourth-order valence-corrected chi connectivity index (χ4v) is 2.44. The Labute approximate surface area is 110 Å². The number of rotatable bonds is 3. The van der Waals surface area contributed by atoms with E-state index in [0.717, 1.165) is 27.7 Å². The minimum absolute atomic E-state index is 0.884. The van der Waals surface area contributed by atoms with E-state index in [-0.39, 0.29) is 0 Å². The second-order valence-corrected chi connectivity index (χ2v) is 5.18. The SMILES string of the molecule is CCSc1ccc2nc(-c3ccccc3)cn2n1. The van der Waals surface area contributed by atoms with Gasteiger partial charge in [-0.1, -0.05) is 37.3 Å². The summed E-state index contributed by atoms with van der Waals surface area (Å²) in [6.45, 7) is 2.12. The van der Waals surface area contributed by atoms with Crippen molar-refractivity contribution in [2.75, 3.05) is 5.75 Å². The summed E-state index contributed by atoms with van der Waals surface area (Å²) in [5.74, 6) is 1.03. The average Bonchev–Trinajstić information content (AvgIpc) is 2.83. The van der Waals surface area contributed by atoms with Crippen LogP contribution in [0.15, 0.2) is 53.7 Å². The summed E-state index contributed by atoms with van der Waals surface area (Å²) < 4.78 is 1.85. The number of nitrogens with zero attached hydrogens (tertiary/aromatic N) is 3. The molecule has 0 unspecified atom stereocenters. The van der Waals surface area contributed by atoms with Gasteiger partial charge in [0.2, 0.25) is 0 Å². The predicted molar refractivity (Wildman–Crippen MR) is 74.8 cm³/mol. The van der Waals surface area contributed by atoms with E-state index in [9.17, 15) is 0 Å². The van der Waals surface area contributed by atoms with Gasteiger partial charge >= 0.3 is 0 Å². The topological polar surface area (TPSA) is 30.2 Å². The van der Waals surface area contributed by atoms with Gasteiger partial charge in [0.15, 0.2) is 5.65 Å². The van der Waals surface area contributed by atoms with Gasteiger partial charge in [-0.05, 0) is 17.9 Å². The first-order valence-corrected chi connectivity index (χ1v) is 6.90. The number of hydrogen-bond acceptors (Lipinski definition) is 3. The molecule has 0 amide bonds. The fourth-order valence-electron chi connectivity index (χ4n) is 1.84. The molecule has 2 heterocycles. The molecule has 0 aliphatic rings. The molecule has 0 fully saturated rings. The molecule has 0 bridgehead atoms. The Morgan fingerprint density at radius 1 is 1.11 bits per heavy atom. The number of aromatic nitrogens is 3. The molecule has 0 radical (unpaired) electrons. The number of thioether (sulfide) groups is 1. The van der Waals surface area contributed by atoms with E-state index in [2.05, 4.69) is 29.1 Å². The first-order chi connectivity index (χ1) is 8.86. The zero-order valence-corrected chi connectivity index (χ0v) is 10.9. The smallest absolute Gasteiger partial charge is 0.154 e. The predicted octanol–water partition coefficient (Wildman–Crippen LogP) is 3.51. The molecular weight excluding hydrogens is 242 g/mol. The third-order valence-electron chi connectivity index (χ3n) is 2.66. The average molecular weight is 255 g/mol. The Bertz CT molecular complexity index is 661. The normalized spacial score (nSPS) is 10.9. The summed E-state index contributed by atoms with van der Waals surface area (Å²) in [5, 5.41) is 5.56. The van der Waals surface area contributed by atoms with Crippen LogP contribution in [0.25, 0.3) is 16.9 Å². The molecule has 3 aromatic rings. The highest BCUT2D eigenvalue weighted by Crippen LogP contribution is 2.20. The van der Waals surface area contributed by atoms with Crippen LogP contribution in [0.3, 0.4) is 0 Å². The van der Waals surface area contributed by atoms with Gasteiger partial charge in [0.1, 0.15) is 5.03 Å². The van der Waals surface area contributed by atoms with Gasteiger partial charge in [0, 0.05) is 5.56 Å². The van der Waals surface area contributed by atoms with Gasteiger partial charge in [-0.15, -0.1) is 11.8 Å². The Kier molecular flexibility index (Phi) is 3.02. The van der Waals surface area contributed by atoms with Crippen LogP contribution < -0.4 is 0 Å². The maximum Gasteiger partial charge on any atom is 0.154 e. The van der Waals surface area contributed by atoms with Crippen molar-refractivity contribution in [1.82, 2.24) is 14.6 Å². The van der Waals surface area contributed by atoms with Crippen LogP contribution in [0.4, 0.5) is 0 Å². The van der Waals surface area contributed by atoms with Gasteiger partial charge in [0.25, 0.3) is 0 Å². The molecule has 18 heavy (non-hydrogen) atoms. The van der Waals surface area contributed by atoms with E-state index < -0.39 is 0 Å². The summed E-state index contributed by atoms with van der Waals surface area (Å²) >= 11 is 1.74. The molecule has 0 N–H and O–H groups in total. The largest absolute Gasteiger partial charge is 0.227 e. The summed E-state index contributed by atoms with van der Waals surface area (Å²) in [7, 11) is 0. The van der Waals surface area contributed by atoms with E-state index in [1.807, 2.05) is 41.0 Å². The molecule has 0 saturated heterocycles.